The molecule has 0 bridgehead atoms. The molecule has 4 nitrogen and oxygen atoms in total. The van der Waals surface area contributed by atoms with Crippen molar-refractivity contribution in [3.05, 3.63) is 35.7 Å². The molecule has 0 spiro atoms. The second kappa shape index (κ2) is 3.74. The standard InChI is InChI=1S/C10H8ClN3O/c11-10-4-9(13-5-14-10)7-3-6(15)1-2-8(7)12/h1-5,15H,12H2. The molecular weight excluding hydrogens is 214 g/mol. The SMILES string of the molecule is Nc1ccc(O)cc1-c1cc(Cl)ncn1. The number of phenols is 1. The van der Waals surface area contributed by atoms with Gasteiger partial charge in [0, 0.05) is 17.3 Å². The molecule has 0 aliphatic carbocycles. The number of benzene rings is 1. The lowest BCUT2D eigenvalue weighted by atomic mass is 10.1. The zero-order valence-corrected chi connectivity index (χ0v) is 8.44. The van der Waals surface area contributed by atoms with Crippen LogP contribution >= 0.6 is 11.6 Å². The molecule has 2 aromatic rings. The zero-order chi connectivity index (χ0) is 10.8. The van der Waals surface area contributed by atoms with Crippen LogP contribution in [0.15, 0.2) is 30.6 Å². The fourth-order valence-corrected chi connectivity index (χ4v) is 1.39. The van der Waals surface area contributed by atoms with Crippen LogP contribution in [0.5, 0.6) is 5.75 Å². The Hall–Kier alpha value is -1.81. The Kier molecular flexibility index (Phi) is 2.43. The van der Waals surface area contributed by atoms with Gasteiger partial charge in [0.25, 0.3) is 0 Å². The smallest absolute Gasteiger partial charge is 0.133 e. The van der Waals surface area contributed by atoms with Gasteiger partial charge in [0.15, 0.2) is 0 Å². The molecule has 1 aromatic carbocycles. The van der Waals surface area contributed by atoms with Crippen molar-refractivity contribution >= 4 is 17.3 Å². The lowest BCUT2D eigenvalue weighted by Crippen LogP contribution is -1.92. The molecule has 0 aliphatic rings. The molecule has 0 saturated heterocycles. The molecule has 2 rings (SSSR count). The molecule has 0 saturated carbocycles. The number of aromatic hydroxyl groups is 1. The van der Waals surface area contributed by atoms with Gasteiger partial charge in [0.05, 0.1) is 5.69 Å². The maximum atomic E-state index is 9.34. The zero-order valence-electron chi connectivity index (χ0n) is 7.68. The number of rotatable bonds is 1. The monoisotopic (exact) mass is 221 g/mol. The van der Waals surface area contributed by atoms with Gasteiger partial charge in [-0.1, -0.05) is 11.6 Å². The molecule has 0 atom stereocenters. The fourth-order valence-electron chi connectivity index (χ4n) is 1.25. The number of hydrogen-bond acceptors (Lipinski definition) is 4. The van der Waals surface area contributed by atoms with Gasteiger partial charge >= 0.3 is 0 Å². The minimum Gasteiger partial charge on any atom is -0.508 e. The first-order valence-electron chi connectivity index (χ1n) is 4.23. The third-order valence-electron chi connectivity index (χ3n) is 1.95. The van der Waals surface area contributed by atoms with Crippen molar-refractivity contribution in [3.8, 4) is 17.0 Å². The van der Waals surface area contributed by atoms with Crippen molar-refractivity contribution in [2.24, 2.45) is 0 Å². The number of phenolic OH excluding ortho intramolecular Hbond substituents is 1. The summed E-state index contributed by atoms with van der Waals surface area (Å²) < 4.78 is 0. The van der Waals surface area contributed by atoms with Crippen LogP contribution in [-0.4, -0.2) is 15.1 Å². The lowest BCUT2D eigenvalue weighted by molar-refractivity contribution is 0.475. The van der Waals surface area contributed by atoms with E-state index in [1.165, 1.54) is 18.5 Å². The van der Waals surface area contributed by atoms with Crippen molar-refractivity contribution in [2.75, 3.05) is 5.73 Å². The van der Waals surface area contributed by atoms with E-state index < -0.39 is 0 Å². The predicted octanol–water partition coefficient (Wildman–Crippen LogP) is 2.08. The number of aromatic nitrogens is 2. The molecule has 3 N–H and O–H groups in total. The van der Waals surface area contributed by atoms with Gasteiger partial charge in [-0.2, -0.15) is 0 Å². The lowest BCUT2D eigenvalue weighted by Gasteiger charge is -2.05. The van der Waals surface area contributed by atoms with Gasteiger partial charge in [-0.3, -0.25) is 0 Å². The highest BCUT2D eigenvalue weighted by atomic mass is 35.5. The van der Waals surface area contributed by atoms with Crippen LogP contribution in [-0.2, 0) is 0 Å². The summed E-state index contributed by atoms with van der Waals surface area (Å²) in [6, 6.07) is 6.25. The first-order chi connectivity index (χ1) is 7.16. The normalized spacial score (nSPS) is 10.2. The van der Waals surface area contributed by atoms with Gasteiger partial charge in [-0.05, 0) is 18.2 Å². The average Bonchev–Trinajstić information content (AvgIpc) is 2.22. The van der Waals surface area contributed by atoms with Crippen LogP contribution in [0, 0.1) is 0 Å². The Morgan fingerprint density at radius 3 is 2.73 bits per heavy atom. The number of anilines is 1. The average molecular weight is 222 g/mol. The molecule has 0 amide bonds. The predicted molar refractivity (Wildman–Crippen MR) is 58.6 cm³/mol. The van der Waals surface area contributed by atoms with E-state index in [2.05, 4.69) is 9.97 Å². The molecule has 15 heavy (non-hydrogen) atoms. The van der Waals surface area contributed by atoms with E-state index >= 15 is 0 Å². The van der Waals surface area contributed by atoms with Crippen LogP contribution in [0.25, 0.3) is 11.3 Å². The minimum atomic E-state index is 0.133. The Balaban J connectivity index is 2.58. The van der Waals surface area contributed by atoms with Gasteiger partial charge in [-0.15, -0.1) is 0 Å². The highest BCUT2D eigenvalue weighted by Gasteiger charge is 2.05. The maximum absolute atomic E-state index is 9.34. The third kappa shape index (κ3) is 1.99. The van der Waals surface area contributed by atoms with Crippen molar-refractivity contribution in [2.45, 2.75) is 0 Å². The van der Waals surface area contributed by atoms with Crippen LogP contribution in [0.4, 0.5) is 5.69 Å². The molecule has 0 unspecified atom stereocenters. The Bertz CT molecular complexity index is 502. The summed E-state index contributed by atoms with van der Waals surface area (Å²) >= 11 is 5.73. The Labute approximate surface area is 91.4 Å². The van der Waals surface area contributed by atoms with Crippen LogP contribution in [0.3, 0.4) is 0 Å². The van der Waals surface area contributed by atoms with Gasteiger partial charge < -0.3 is 10.8 Å². The molecule has 0 fully saturated rings. The quantitative estimate of drug-likeness (QED) is 0.439. The Morgan fingerprint density at radius 2 is 2.00 bits per heavy atom. The summed E-state index contributed by atoms with van der Waals surface area (Å²) in [4.78, 5) is 7.79. The summed E-state index contributed by atoms with van der Waals surface area (Å²) in [7, 11) is 0. The van der Waals surface area contributed by atoms with E-state index in [1.807, 2.05) is 0 Å². The number of halogens is 1. The largest absolute Gasteiger partial charge is 0.508 e. The summed E-state index contributed by atoms with van der Waals surface area (Å²) in [6.45, 7) is 0. The van der Waals surface area contributed by atoms with Gasteiger partial charge in [0.1, 0.15) is 17.2 Å². The molecular formula is C10H8ClN3O. The molecule has 0 radical (unpaired) electrons. The van der Waals surface area contributed by atoms with Crippen molar-refractivity contribution in [3.63, 3.8) is 0 Å². The number of hydrogen-bond donors (Lipinski definition) is 2. The van der Waals surface area contributed by atoms with Crippen LogP contribution < -0.4 is 5.73 Å². The van der Waals surface area contributed by atoms with Gasteiger partial charge in [0.2, 0.25) is 0 Å². The van der Waals surface area contributed by atoms with Crippen molar-refractivity contribution in [1.82, 2.24) is 9.97 Å². The number of nitrogen functional groups attached to an aromatic ring is 1. The number of nitrogens with zero attached hydrogens (tertiary/aromatic N) is 2. The van der Waals surface area contributed by atoms with E-state index in [-0.39, 0.29) is 5.75 Å². The summed E-state index contributed by atoms with van der Waals surface area (Å²) in [5, 5.41) is 9.67. The molecule has 1 aromatic heterocycles. The van der Waals surface area contributed by atoms with E-state index in [0.717, 1.165) is 0 Å². The van der Waals surface area contributed by atoms with Crippen molar-refractivity contribution < 1.29 is 5.11 Å². The maximum Gasteiger partial charge on any atom is 0.133 e. The highest BCUT2D eigenvalue weighted by molar-refractivity contribution is 6.29. The topological polar surface area (TPSA) is 72.0 Å². The molecule has 76 valence electrons. The minimum absolute atomic E-state index is 0.133. The Morgan fingerprint density at radius 1 is 1.20 bits per heavy atom. The van der Waals surface area contributed by atoms with Gasteiger partial charge in [-0.25, -0.2) is 9.97 Å². The van der Waals surface area contributed by atoms with E-state index in [4.69, 9.17) is 17.3 Å². The fraction of sp³-hybridized carbons (Fsp3) is 0. The van der Waals surface area contributed by atoms with E-state index in [0.29, 0.717) is 22.1 Å². The summed E-state index contributed by atoms with van der Waals surface area (Å²) in [5.74, 6) is 0.133. The molecule has 0 aliphatic heterocycles. The number of nitrogens with two attached hydrogens (primary N) is 1. The summed E-state index contributed by atoms with van der Waals surface area (Å²) in [5.41, 5.74) is 7.51. The molecule has 1 heterocycles. The van der Waals surface area contributed by atoms with Crippen LogP contribution in [0.2, 0.25) is 5.15 Å². The molecule has 5 heteroatoms. The van der Waals surface area contributed by atoms with E-state index in [9.17, 15) is 5.11 Å². The summed E-state index contributed by atoms with van der Waals surface area (Å²) in [6.07, 6.45) is 1.35. The highest BCUT2D eigenvalue weighted by Crippen LogP contribution is 2.28. The van der Waals surface area contributed by atoms with Crippen molar-refractivity contribution in [1.29, 1.82) is 0 Å². The first-order valence-corrected chi connectivity index (χ1v) is 4.61. The van der Waals surface area contributed by atoms with E-state index in [1.54, 1.807) is 12.1 Å². The third-order valence-corrected chi connectivity index (χ3v) is 2.15. The first kappa shape index (κ1) is 9.73. The van der Waals surface area contributed by atoms with Crippen LogP contribution in [0.1, 0.15) is 0 Å². The second-order valence-electron chi connectivity index (χ2n) is 3.00. The second-order valence-corrected chi connectivity index (χ2v) is 3.38.